The van der Waals surface area contributed by atoms with Crippen molar-refractivity contribution in [2.75, 3.05) is 26.8 Å². The lowest BCUT2D eigenvalue weighted by atomic mass is 9.60. The van der Waals surface area contributed by atoms with Gasteiger partial charge in [0.1, 0.15) is 16.1 Å². The van der Waals surface area contributed by atoms with Gasteiger partial charge in [-0.15, -0.1) is 0 Å². The number of sulfonamides is 1. The fourth-order valence-electron chi connectivity index (χ4n) is 5.90. The number of benzene rings is 1. The molecule has 2 fully saturated rings. The number of H-pyrrole nitrogens is 1. The molecule has 2 aromatic heterocycles. The van der Waals surface area contributed by atoms with Gasteiger partial charge in [-0.3, -0.25) is 9.89 Å². The molecule has 1 aromatic carbocycles. The first-order chi connectivity index (χ1) is 18.8. The third-order valence-electron chi connectivity index (χ3n) is 8.25. The molecule has 204 valence electrons. The van der Waals surface area contributed by atoms with E-state index in [0.29, 0.717) is 23.8 Å². The van der Waals surface area contributed by atoms with Crippen LogP contribution in [0.15, 0.2) is 59.3 Å². The minimum Gasteiger partial charge on any atom is -0.481 e. The molecule has 39 heavy (non-hydrogen) atoms. The van der Waals surface area contributed by atoms with Gasteiger partial charge in [-0.2, -0.15) is 9.40 Å². The average Bonchev–Trinajstić information content (AvgIpc) is 3.39. The molecule has 2 atom stereocenters. The van der Waals surface area contributed by atoms with Crippen LogP contribution >= 0.6 is 0 Å². The molecule has 11 heteroatoms. The highest BCUT2D eigenvalue weighted by atomic mass is 32.2. The third-order valence-corrected chi connectivity index (χ3v) is 10.1. The first kappa shape index (κ1) is 25.7. The normalized spacial score (nSPS) is 23.2. The Kier molecular flexibility index (Phi) is 6.50. The zero-order valence-electron chi connectivity index (χ0n) is 21.5. The maximum atomic E-state index is 14.3. The van der Waals surface area contributed by atoms with E-state index in [1.165, 1.54) is 41.9 Å². The van der Waals surface area contributed by atoms with Gasteiger partial charge in [0.15, 0.2) is 0 Å². The summed E-state index contributed by atoms with van der Waals surface area (Å²) < 4.78 is 54.0. The number of aromatic amines is 1. The standard InChI is InChI=1S/C28H29FN4O5S/c1-37-25-10-9-22(14-30-25)39(35,36)33-12-11-20-13-24-23(15-31-32-24)26(19-5-7-21(29)8-6-19)28(20,17-33)27(34)38-16-18-3-2-4-18/h5-10,13-15,18,26H,2-4,11-12,16-17H2,1H3,(H,31,32)/t26?,28-/m0/s1. The van der Waals surface area contributed by atoms with E-state index in [9.17, 15) is 17.6 Å². The van der Waals surface area contributed by atoms with Crippen molar-refractivity contribution in [3.63, 3.8) is 0 Å². The van der Waals surface area contributed by atoms with E-state index in [1.54, 1.807) is 18.3 Å². The van der Waals surface area contributed by atoms with Crippen molar-refractivity contribution in [2.24, 2.45) is 11.3 Å². The zero-order valence-corrected chi connectivity index (χ0v) is 22.3. The Labute approximate surface area is 226 Å². The Morgan fingerprint density at radius 3 is 2.64 bits per heavy atom. The first-order valence-electron chi connectivity index (χ1n) is 13.0. The minimum absolute atomic E-state index is 0.00635. The number of rotatable bonds is 7. The molecule has 1 aliphatic heterocycles. The van der Waals surface area contributed by atoms with E-state index >= 15 is 0 Å². The molecule has 1 saturated carbocycles. The minimum atomic E-state index is -4.01. The zero-order chi connectivity index (χ0) is 27.2. The number of hydrogen-bond acceptors (Lipinski definition) is 7. The molecule has 0 radical (unpaired) electrons. The molecule has 0 spiro atoms. The molecule has 1 unspecified atom stereocenters. The van der Waals surface area contributed by atoms with Crippen LogP contribution in [0.2, 0.25) is 0 Å². The molecular formula is C28H29FN4O5S. The number of halogens is 1. The lowest BCUT2D eigenvalue weighted by molar-refractivity contribution is -0.158. The van der Waals surface area contributed by atoms with Crippen molar-refractivity contribution in [3.05, 3.63) is 77.0 Å². The molecule has 9 nitrogen and oxygen atoms in total. The van der Waals surface area contributed by atoms with E-state index in [0.717, 1.165) is 36.1 Å². The highest BCUT2D eigenvalue weighted by Crippen LogP contribution is 2.55. The van der Waals surface area contributed by atoms with Crippen molar-refractivity contribution < 1.29 is 27.1 Å². The molecular weight excluding hydrogens is 523 g/mol. The van der Waals surface area contributed by atoms with Crippen molar-refractivity contribution in [1.29, 1.82) is 0 Å². The SMILES string of the molecule is COc1ccc(S(=O)(=O)N2CCC3=Cc4[nH]ncc4C(c4ccc(F)cc4)[C@]3(C(=O)OCC3CCC3)C2)cn1. The van der Waals surface area contributed by atoms with E-state index < -0.39 is 33.1 Å². The number of aromatic nitrogens is 3. The lowest BCUT2D eigenvalue weighted by Crippen LogP contribution is -2.55. The Bertz CT molecular complexity index is 1520. The van der Waals surface area contributed by atoms with Crippen molar-refractivity contribution >= 4 is 22.1 Å². The van der Waals surface area contributed by atoms with E-state index in [1.807, 2.05) is 6.08 Å². The van der Waals surface area contributed by atoms with Crippen molar-refractivity contribution in [2.45, 2.75) is 36.5 Å². The number of hydrogen-bond donors (Lipinski definition) is 1. The summed E-state index contributed by atoms with van der Waals surface area (Å²) in [7, 11) is -2.56. The van der Waals surface area contributed by atoms with Gasteiger partial charge in [0.25, 0.3) is 0 Å². The van der Waals surface area contributed by atoms with Crippen LogP contribution in [0.1, 0.15) is 48.4 Å². The summed E-state index contributed by atoms with van der Waals surface area (Å²) >= 11 is 0. The monoisotopic (exact) mass is 552 g/mol. The topological polar surface area (TPSA) is 114 Å². The van der Waals surface area contributed by atoms with Crippen molar-refractivity contribution in [3.8, 4) is 5.88 Å². The number of piperidine rings is 1. The van der Waals surface area contributed by atoms with Gasteiger partial charge >= 0.3 is 5.97 Å². The number of fused-ring (bicyclic) bond motifs is 2. The summed E-state index contributed by atoms with van der Waals surface area (Å²) in [4.78, 5) is 18.3. The second-order valence-corrected chi connectivity index (χ2v) is 12.3. The van der Waals surface area contributed by atoms with Crippen LogP contribution in [-0.4, -0.2) is 60.7 Å². The number of carbonyl (C=O) groups is 1. The van der Waals surface area contributed by atoms with Gasteiger partial charge in [-0.05, 0) is 60.6 Å². The van der Waals surface area contributed by atoms with Crippen LogP contribution in [0, 0.1) is 17.2 Å². The quantitative estimate of drug-likeness (QED) is 0.442. The summed E-state index contributed by atoms with van der Waals surface area (Å²) in [5.74, 6) is -0.907. The van der Waals surface area contributed by atoms with Gasteiger partial charge < -0.3 is 9.47 Å². The summed E-state index contributed by atoms with van der Waals surface area (Å²) in [5, 5.41) is 7.23. The van der Waals surface area contributed by atoms with E-state index in [-0.39, 0.29) is 24.6 Å². The molecule has 3 aliphatic rings. The number of esters is 1. The first-order valence-corrected chi connectivity index (χ1v) is 14.4. The molecule has 1 N–H and O–H groups in total. The van der Waals surface area contributed by atoms with Crippen LogP contribution in [0.4, 0.5) is 4.39 Å². The highest BCUT2D eigenvalue weighted by Gasteiger charge is 2.58. The molecule has 1 saturated heterocycles. The van der Waals surface area contributed by atoms with Crippen LogP contribution in [0.25, 0.3) is 6.08 Å². The second kappa shape index (κ2) is 9.87. The smallest absolute Gasteiger partial charge is 0.318 e. The molecule has 3 aromatic rings. The van der Waals surface area contributed by atoms with Crippen LogP contribution in [-0.2, 0) is 19.6 Å². The summed E-state index contributed by atoms with van der Waals surface area (Å²) in [6, 6.07) is 8.91. The number of nitrogens with one attached hydrogen (secondary N) is 1. The Balaban J connectivity index is 1.46. The predicted octanol–water partition coefficient (Wildman–Crippen LogP) is 3.91. The predicted molar refractivity (Wildman–Crippen MR) is 140 cm³/mol. The molecule has 0 amide bonds. The Hall–Kier alpha value is -3.57. The van der Waals surface area contributed by atoms with Gasteiger partial charge in [0, 0.05) is 30.6 Å². The fraction of sp³-hybridized carbons (Fsp3) is 0.393. The molecule has 0 bridgehead atoms. The number of pyridine rings is 1. The van der Waals surface area contributed by atoms with Gasteiger partial charge in [0.05, 0.1) is 31.8 Å². The van der Waals surface area contributed by atoms with Crippen molar-refractivity contribution in [1.82, 2.24) is 19.5 Å². The Morgan fingerprint density at radius 2 is 1.97 bits per heavy atom. The molecule has 3 heterocycles. The average molecular weight is 553 g/mol. The number of nitrogens with zero attached hydrogens (tertiary/aromatic N) is 3. The van der Waals surface area contributed by atoms with Crippen LogP contribution in [0.5, 0.6) is 5.88 Å². The van der Waals surface area contributed by atoms with E-state index in [2.05, 4.69) is 15.2 Å². The summed E-state index contributed by atoms with van der Waals surface area (Å²) in [6.07, 6.45) is 8.23. The maximum absolute atomic E-state index is 14.3. The second-order valence-electron chi connectivity index (χ2n) is 10.4. The van der Waals surface area contributed by atoms with Gasteiger partial charge in [0.2, 0.25) is 15.9 Å². The number of carbonyl (C=O) groups excluding carboxylic acids is 1. The fourth-order valence-corrected chi connectivity index (χ4v) is 7.33. The maximum Gasteiger partial charge on any atom is 0.318 e. The summed E-state index contributed by atoms with van der Waals surface area (Å²) in [5.41, 5.74) is 1.57. The highest BCUT2D eigenvalue weighted by molar-refractivity contribution is 7.89. The lowest BCUT2D eigenvalue weighted by Gasteiger charge is -2.48. The number of ether oxygens (including phenoxy) is 2. The molecule has 6 rings (SSSR count). The third kappa shape index (κ3) is 4.33. The number of methoxy groups -OCH3 is 1. The summed E-state index contributed by atoms with van der Waals surface area (Å²) in [6.45, 7) is 0.332. The van der Waals surface area contributed by atoms with E-state index in [4.69, 9.17) is 9.47 Å². The Morgan fingerprint density at radius 1 is 1.18 bits per heavy atom. The molecule has 2 aliphatic carbocycles. The van der Waals surface area contributed by atoms with Gasteiger partial charge in [-0.1, -0.05) is 18.6 Å². The van der Waals surface area contributed by atoms with Gasteiger partial charge in [-0.25, -0.2) is 17.8 Å². The van der Waals surface area contributed by atoms with Crippen LogP contribution < -0.4 is 4.74 Å². The largest absolute Gasteiger partial charge is 0.481 e. The van der Waals surface area contributed by atoms with Crippen LogP contribution in [0.3, 0.4) is 0 Å².